The number of hydrogen-bond donors (Lipinski definition) is 2. The van der Waals surface area contributed by atoms with Gasteiger partial charge in [-0.25, -0.2) is 4.79 Å². The number of phenols is 1. The number of aromatic hydroxyl groups is 1. The van der Waals surface area contributed by atoms with E-state index in [1.54, 1.807) is 6.07 Å². The lowest BCUT2D eigenvalue weighted by atomic mass is 10.1. The van der Waals surface area contributed by atoms with Crippen LogP contribution in [0.2, 0.25) is 0 Å². The summed E-state index contributed by atoms with van der Waals surface area (Å²) in [4.78, 5) is 15.0. The predicted octanol–water partition coefficient (Wildman–Crippen LogP) is 2.81. The number of aromatic amines is 1. The maximum absolute atomic E-state index is 11.8. The zero-order chi connectivity index (χ0) is 12.7. The second-order valence-corrected chi connectivity index (χ2v) is 4.04. The summed E-state index contributed by atoms with van der Waals surface area (Å²) in [6.45, 7) is 0. The minimum absolute atomic E-state index is 0.0703. The van der Waals surface area contributed by atoms with Gasteiger partial charge in [-0.05, 0) is 18.2 Å². The molecule has 0 atom stereocenters. The van der Waals surface area contributed by atoms with Crippen molar-refractivity contribution < 1.29 is 14.6 Å². The van der Waals surface area contributed by atoms with Crippen LogP contribution in [0.25, 0.3) is 21.8 Å². The molecule has 1 aromatic heterocycles. The molecule has 3 rings (SSSR count). The lowest BCUT2D eigenvalue weighted by Gasteiger charge is -2.04. The van der Waals surface area contributed by atoms with Gasteiger partial charge in [-0.15, -0.1) is 0 Å². The highest BCUT2D eigenvalue weighted by Gasteiger charge is 2.18. The van der Waals surface area contributed by atoms with Crippen molar-refractivity contribution in [2.24, 2.45) is 0 Å². The Morgan fingerprint density at radius 2 is 1.94 bits per heavy atom. The monoisotopic (exact) mass is 241 g/mol. The van der Waals surface area contributed by atoms with Crippen LogP contribution in [0.1, 0.15) is 10.4 Å². The summed E-state index contributed by atoms with van der Waals surface area (Å²) in [6.07, 6.45) is 0. The van der Waals surface area contributed by atoms with Crippen molar-refractivity contribution in [1.82, 2.24) is 4.98 Å². The molecule has 0 bridgehead atoms. The van der Waals surface area contributed by atoms with E-state index >= 15 is 0 Å². The Balaban J connectivity index is 2.52. The molecule has 3 aromatic rings. The van der Waals surface area contributed by atoms with Gasteiger partial charge in [0, 0.05) is 21.8 Å². The number of ether oxygens (including phenoxy) is 1. The highest BCUT2D eigenvalue weighted by Crippen LogP contribution is 2.33. The molecule has 2 N–H and O–H groups in total. The van der Waals surface area contributed by atoms with Crippen LogP contribution in [0, 0.1) is 0 Å². The van der Waals surface area contributed by atoms with E-state index in [9.17, 15) is 9.90 Å². The molecule has 90 valence electrons. The first-order chi connectivity index (χ1) is 8.72. The maximum atomic E-state index is 11.8. The third kappa shape index (κ3) is 1.35. The van der Waals surface area contributed by atoms with E-state index < -0.39 is 5.97 Å². The van der Waals surface area contributed by atoms with E-state index in [0.29, 0.717) is 5.39 Å². The number of nitrogens with one attached hydrogen (secondary N) is 1. The van der Waals surface area contributed by atoms with Crippen LogP contribution >= 0.6 is 0 Å². The average molecular weight is 241 g/mol. The number of aromatic nitrogens is 1. The molecule has 4 heteroatoms. The molecule has 0 fully saturated rings. The molecule has 18 heavy (non-hydrogen) atoms. The fourth-order valence-corrected chi connectivity index (χ4v) is 2.24. The molecular formula is C14H11NO3. The molecule has 0 amide bonds. The summed E-state index contributed by atoms with van der Waals surface area (Å²) >= 11 is 0. The molecule has 0 aliphatic rings. The van der Waals surface area contributed by atoms with Crippen LogP contribution in [0.15, 0.2) is 36.4 Å². The number of para-hydroxylation sites is 1. The van der Waals surface area contributed by atoms with Crippen LogP contribution in [0.3, 0.4) is 0 Å². The largest absolute Gasteiger partial charge is 0.507 e. The van der Waals surface area contributed by atoms with E-state index in [0.717, 1.165) is 16.4 Å². The van der Waals surface area contributed by atoms with Gasteiger partial charge in [0.25, 0.3) is 0 Å². The molecule has 4 nitrogen and oxygen atoms in total. The van der Waals surface area contributed by atoms with E-state index in [4.69, 9.17) is 4.74 Å². The molecule has 0 spiro atoms. The first kappa shape index (κ1) is 10.7. The fraction of sp³-hybridized carbons (Fsp3) is 0.0714. The molecule has 0 aliphatic heterocycles. The second kappa shape index (κ2) is 3.77. The lowest BCUT2D eigenvalue weighted by molar-refractivity contribution is 0.0600. The third-order valence-corrected chi connectivity index (χ3v) is 3.04. The molecule has 0 radical (unpaired) electrons. The normalized spacial score (nSPS) is 10.9. The van der Waals surface area contributed by atoms with Crippen LogP contribution in [-0.2, 0) is 4.74 Å². The highest BCUT2D eigenvalue weighted by molar-refractivity contribution is 6.17. The van der Waals surface area contributed by atoms with Crippen molar-refractivity contribution >= 4 is 27.8 Å². The van der Waals surface area contributed by atoms with Gasteiger partial charge in [-0.3, -0.25) is 0 Å². The Labute approximate surface area is 103 Å². The van der Waals surface area contributed by atoms with Crippen molar-refractivity contribution in [3.63, 3.8) is 0 Å². The van der Waals surface area contributed by atoms with Gasteiger partial charge < -0.3 is 14.8 Å². The van der Waals surface area contributed by atoms with Crippen molar-refractivity contribution in [3.8, 4) is 5.75 Å². The van der Waals surface area contributed by atoms with Crippen LogP contribution in [-0.4, -0.2) is 23.2 Å². The minimum Gasteiger partial charge on any atom is -0.507 e. The summed E-state index contributed by atoms with van der Waals surface area (Å²) in [6, 6.07) is 10.9. The number of esters is 1. The number of benzene rings is 2. The number of phenolic OH excluding ortho intramolecular Hbond substituents is 1. The topological polar surface area (TPSA) is 62.3 Å². The molecular weight excluding hydrogens is 230 g/mol. The number of carbonyl (C=O) groups is 1. The van der Waals surface area contributed by atoms with Crippen molar-refractivity contribution in [2.75, 3.05) is 7.11 Å². The summed E-state index contributed by atoms with van der Waals surface area (Å²) in [7, 11) is 1.30. The Kier molecular flexibility index (Phi) is 2.23. The lowest BCUT2D eigenvalue weighted by Crippen LogP contribution is -2.02. The SMILES string of the molecule is COC(=O)c1c(O)ccc2[nH]c3ccccc3c12. The smallest absolute Gasteiger partial charge is 0.342 e. The van der Waals surface area contributed by atoms with E-state index in [-0.39, 0.29) is 11.3 Å². The van der Waals surface area contributed by atoms with Gasteiger partial charge in [-0.1, -0.05) is 18.2 Å². The number of fused-ring (bicyclic) bond motifs is 3. The van der Waals surface area contributed by atoms with Gasteiger partial charge in [0.2, 0.25) is 0 Å². The van der Waals surface area contributed by atoms with Crippen molar-refractivity contribution in [2.45, 2.75) is 0 Å². The Bertz CT molecular complexity index is 758. The third-order valence-electron chi connectivity index (χ3n) is 3.04. The number of H-pyrrole nitrogens is 1. The quantitative estimate of drug-likeness (QED) is 0.644. The number of carbonyl (C=O) groups excluding carboxylic acids is 1. The van der Waals surface area contributed by atoms with E-state index in [2.05, 4.69) is 4.98 Å². The highest BCUT2D eigenvalue weighted by atomic mass is 16.5. The van der Waals surface area contributed by atoms with Gasteiger partial charge in [0.05, 0.1) is 7.11 Å². The molecule has 2 aromatic carbocycles. The fourth-order valence-electron chi connectivity index (χ4n) is 2.24. The summed E-state index contributed by atoms with van der Waals surface area (Å²) in [5, 5.41) is 11.5. The first-order valence-electron chi connectivity index (χ1n) is 5.53. The van der Waals surface area contributed by atoms with Crippen LogP contribution in [0.5, 0.6) is 5.75 Å². The van der Waals surface area contributed by atoms with E-state index in [1.807, 2.05) is 24.3 Å². The Morgan fingerprint density at radius 1 is 1.17 bits per heavy atom. The zero-order valence-electron chi connectivity index (χ0n) is 9.73. The van der Waals surface area contributed by atoms with Crippen LogP contribution in [0.4, 0.5) is 0 Å². The summed E-state index contributed by atoms with van der Waals surface area (Å²) < 4.78 is 4.73. The minimum atomic E-state index is -0.539. The Morgan fingerprint density at radius 3 is 2.72 bits per heavy atom. The van der Waals surface area contributed by atoms with Gasteiger partial charge in [-0.2, -0.15) is 0 Å². The summed E-state index contributed by atoms with van der Waals surface area (Å²) in [5.41, 5.74) is 1.92. The van der Waals surface area contributed by atoms with Crippen molar-refractivity contribution in [3.05, 3.63) is 42.0 Å². The number of hydrogen-bond acceptors (Lipinski definition) is 3. The second-order valence-electron chi connectivity index (χ2n) is 4.04. The van der Waals surface area contributed by atoms with Crippen molar-refractivity contribution in [1.29, 1.82) is 0 Å². The molecule has 0 unspecified atom stereocenters. The predicted molar refractivity (Wildman–Crippen MR) is 68.8 cm³/mol. The standard InChI is InChI=1S/C14H11NO3/c1-18-14(17)13-11(16)7-6-10-12(13)8-4-2-3-5-9(8)15-10/h2-7,15-16H,1H3. The molecule has 0 saturated heterocycles. The van der Waals surface area contributed by atoms with Gasteiger partial charge >= 0.3 is 5.97 Å². The van der Waals surface area contributed by atoms with Gasteiger partial charge in [0.1, 0.15) is 11.3 Å². The number of rotatable bonds is 1. The van der Waals surface area contributed by atoms with Crippen LogP contribution < -0.4 is 0 Å². The van der Waals surface area contributed by atoms with Gasteiger partial charge in [0.15, 0.2) is 0 Å². The first-order valence-corrected chi connectivity index (χ1v) is 5.53. The summed E-state index contributed by atoms with van der Waals surface area (Å²) in [5.74, 6) is -0.609. The molecule has 0 saturated carbocycles. The molecule has 1 heterocycles. The number of methoxy groups -OCH3 is 1. The molecule has 0 aliphatic carbocycles. The maximum Gasteiger partial charge on any atom is 0.342 e. The zero-order valence-corrected chi connectivity index (χ0v) is 9.73. The van der Waals surface area contributed by atoms with E-state index in [1.165, 1.54) is 13.2 Å². The average Bonchev–Trinajstić information content (AvgIpc) is 2.76. The Hall–Kier alpha value is -2.49.